The van der Waals surface area contributed by atoms with Crippen molar-refractivity contribution in [2.24, 2.45) is 11.8 Å². The molecule has 2 unspecified atom stereocenters. The topological polar surface area (TPSA) is 134 Å². The summed E-state index contributed by atoms with van der Waals surface area (Å²) in [6.07, 6.45) is 2.40. The summed E-state index contributed by atoms with van der Waals surface area (Å²) >= 11 is 0. The lowest BCUT2D eigenvalue weighted by atomic mass is 9.79. The van der Waals surface area contributed by atoms with Crippen molar-refractivity contribution in [1.82, 2.24) is 0 Å². The Morgan fingerprint density at radius 2 is 1.07 bits per heavy atom. The molecule has 2 aromatic carbocycles. The summed E-state index contributed by atoms with van der Waals surface area (Å²) in [7, 11) is 0. The van der Waals surface area contributed by atoms with E-state index in [0.29, 0.717) is 12.8 Å². The molecule has 2 atom stereocenters. The number of ether oxygens (including phenoxy) is 2. The molecule has 0 aliphatic heterocycles. The van der Waals surface area contributed by atoms with Gasteiger partial charge >= 0.3 is 11.9 Å². The lowest BCUT2D eigenvalue weighted by molar-refractivity contribution is -0.152. The van der Waals surface area contributed by atoms with Crippen LogP contribution in [0.4, 0.5) is 0 Å². The normalized spacial score (nSPS) is 19.0. The fourth-order valence-electron chi connectivity index (χ4n) is 3.21. The van der Waals surface area contributed by atoms with Crippen LogP contribution in [0.25, 0.3) is 0 Å². The fourth-order valence-corrected chi connectivity index (χ4v) is 3.21. The Bertz CT molecular complexity index is 818. The molecule has 0 amide bonds. The maximum Gasteiger partial charge on any atom is 0.315 e. The second-order valence-electron chi connectivity index (χ2n) is 6.64. The average Bonchev–Trinajstić information content (AvgIpc) is 2.67. The predicted octanol–water partition coefficient (Wildman–Crippen LogP) is 2.83. The number of phenolic OH excluding ortho intramolecular Hbond substituents is 4. The summed E-state index contributed by atoms with van der Waals surface area (Å²) < 4.78 is 10.5. The monoisotopic (exact) mass is 388 g/mol. The van der Waals surface area contributed by atoms with Gasteiger partial charge in [0, 0.05) is 12.1 Å². The maximum absolute atomic E-state index is 12.6. The summed E-state index contributed by atoms with van der Waals surface area (Å²) in [5, 5.41) is 37.7. The van der Waals surface area contributed by atoms with Gasteiger partial charge < -0.3 is 29.9 Å². The summed E-state index contributed by atoms with van der Waals surface area (Å²) in [6.45, 7) is 0. The Hall–Kier alpha value is -3.42. The van der Waals surface area contributed by atoms with Crippen molar-refractivity contribution >= 4 is 11.9 Å². The Labute approximate surface area is 160 Å². The first kappa shape index (κ1) is 19.3. The van der Waals surface area contributed by atoms with Gasteiger partial charge in [0.15, 0.2) is 23.0 Å². The van der Waals surface area contributed by atoms with Gasteiger partial charge in [0.1, 0.15) is 11.5 Å². The first-order valence-electron chi connectivity index (χ1n) is 8.82. The summed E-state index contributed by atoms with van der Waals surface area (Å²) in [5.74, 6) is -4.09. The largest absolute Gasteiger partial charge is 0.504 e. The molecule has 0 saturated heterocycles. The molecule has 3 rings (SSSR count). The molecule has 0 aromatic heterocycles. The number of esters is 2. The van der Waals surface area contributed by atoms with Crippen LogP contribution in [0.2, 0.25) is 0 Å². The van der Waals surface area contributed by atoms with Gasteiger partial charge in [-0.1, -0.05) is 12.8 Å². The van der Waals surface area contributed by atoms with Crippen molar-refractivity contribution in [1.29, 1.82) is 0 Å². The van der Waals surface area contributed by atoms with Gasteiger partial charge in [-0.15, -0.1) is 0 Å². The minimum Gasteiger partial charge on any atom is -0.504 e. The van der Waals surface area contributed by atoms with Crippen LogP contribution in [0.15, 0.2) is 36.4 Å². The zero-order valence-corrected chi connectivity index (χ0v) is 14.9. The molecular weight excluding hydrogens is 368 g/mol. The number of benzene rings is 2. The highest BCUT2D eigenvalue weighted by Crippen LogP contribution is 2.35. The van der Waals surface area contributed by atoms with E-state index in [1.165, 1.54) is 24.3 Å². The van der Waals surface area contributed by atoms with E-state index in [1.54, 1.807) is 0 Å². The highest BCUT2D eigenvalue weighted by Gasteiger charge is 2.38. The van der Waals surface area contributed by atoms with Gasteiger partial charge in [-0.25, -0.2) is 0 Å². The third-order valence-corrected chi connectivity index (χ3v) is 4.70. The van der Waals surface area contributed by atoms with Gasteiger partial charge in [0.05, 0.1) is 11.8 Å². The molecule has 8 heteroatoms. The highest BCUT2D eigenvalue weighted by molar-refractivity contribution is 5.84. The summed E-state index contributed by atoms with van der Waals surface area (Å²) in [5.41, 5.74) is 0. The van der Waals surface area contributed by atoms with E-state index >= 15 is 0 Å². The zero-order chi connectivity index (χ0) is 20.3. The smallest absolute Gasteiger partial charge is 0.315 e. The molecule has 28 heavy (non-hydrogen) atoms. The number of aromatic hydroxyl groups is 4. The third kappa shape index (κ3) is 4.28. The Kier molecular flexibility index (Phi) is 5.58. The fraction of sp³-hybridized carbons (Fsp3) is 0.300. The molecule has 0 heterocycles. The van der Waals surface area contributed by atoms with E-state index in [-0.39, 0.29) is 23.0 Å². The van der Waals surface area contributed by atoms with Gasteiger partial charge in [0.25, 0.3) is 0 Å². The molecule has 1 saturated carbocycles. The lowest BCUT2D eigenvalue weighted by Gasteiger charge is -2.28. The number of phenols is 4. The average molecular weight is 388 g/mol. The van der Waals surface area contributed by atoms with Crippen molar-refractivity contribution < 1.29 is 39.5 Å². The molecule has 0 spiro atoms. The Morgan fingerprint density at radius 3 is 1.43 bits per heavy atom. The van der Waals surface area contributed by atoms with Gasteiger partial charge in [0.2, 0.25) is 0 Å². The molecule has 1 fully saturated rings. The van der Waals surface area contributed by atoms with E-state index in [9.17, 15) is 30.0 Å². The molecule has 0 bridgehead atoms. The molecule has 1 aliphatic rings. The van der Waals surface area contributed by atoms with Crippen LogP contribution in [-0.4, -0.2) is 32.4 Å². The lowest BCUT2D eigenvalue weighted by Crippen LogP contribution is -2.37. The minimum absolute atomic E-state index is 0.0569. The van der Waals surface area contributed by atoms with Crippen molar-refractivity contribution in [2.45, 2.75) is 25.7 Å². The van der Waals surface area contributed by atoms with Crippen molar-refractivity contribution in [3.05, 3.63) is 36.4 Å². The van der Waals surface area contributed by atoms with E-state index in [1.807, 2.05) is 0 Å². The van der Waals surface area contributed by atoms with Crippen LogP contribution >= 0.6 is 0 Å². The minimum atomic E-state index is -0.720. The standard InChI is InChI=1S/C20H20O8/c21-15-7-5-11(9-17(15)23)27-19(25)13-3-1-2-4-14(13)20(26)28-12-6-8-16(22)18(24)10-12/h5-10,13-14,21-24H,1-4H2. The highest BCUT2D eigenvalue weighted by atomic mass is 16.5. The van der Waals surface area contributed by atoms with Crippen molar-refractivity contribution in [3.63, 3.8) is 0 Å². The molecule has 148 valence electrons. The van der Waals surface area contributed by atoms with Crippen LogP contribution < -0.4 is 9.47 Å². The SMILES string of the molecule is O=C(Oc1ccc(O)c(O)c1)C1CCCCC1C(=O)Oc1ccc(O)c(O)c1. The van der Waals surface area contributed by atoms with Crippen LogP contribution in [0.5, 0.6) is 34.5 Å². The molecule has 0 radical (unpaired) electrons. The van der Waals surface area contributed by atoms with E-state index < -0.39 is 35.3 Å². The van der Waals surface area contributed by atoms with Crippen LogP contribution in [0, 0.1) is 11.8 Å². The molecule has 8 nitrogen and oxygen atoms in total. The van der Waals surface area contributed by atoms with E-state index in [0.717, 1.165) is 25.0 Å². The Morgan fingerprint density at radius 1 is 0.679 bits per heavy atom. The quantitative estimate of drug-likeness (QED) is 0.357. The molecular formula is C20H20O8. The molecule has 1 aliphatic carbocycles. The van der Waals surface area contributed by atoms with Gasteiger partial charge in [-0.3, -0.25) is 9.59 Å². The van der Waals surface area contributed by atoms with Crippen molar-refractivity contribution in [3.8, 4) is 34.5 Å². The number of rotatable bonds is 4. The van der Waals surface area contributed by atoms with E-state index in [2.05, 4.69) is 0 Å². The molecule has 2 aromatic rings. The predicted molar refractivity (Wildman–Crippen MR) is 96.3 cm³/mol. The van der Waals surface area contributed by atoms with Crippen LogP contribution in [0.3, 0.4) is 0 Å². The van der Waals surface area contributed by atoms with Gasteiger partial charge in [-0.2, -0.15) is 0 Å². The number of hydrogen-bond acceptors (Lipinski definition) is 8. The second kappa shape index (κ2) is 8.08. The van der Waals surface area contributed by atoms with Crippen LogP contribution in [-0.2, 0) is 9.59 Å². The first-order valence-corrected chi connectivity index (χ1v) is 8.82. The summed E-state index contributed by atoms with van der Waals surface area (Å²) in [4.78, 5) is 25.2. The second-order valence-corrected chi connectivity index (χ2v) is 6.64. The third-order valence-electron chi connectivity index (χ3n) is 4.70. The van der Waals surface area contributed by atoms with Crippen molar-refractivity contribution in [2.75, 3.05) is 0 Å². The van der Waals surface area contributed by atoms with Gasteiger partial charge in [-0.05, 0) is 37.1 Å². The number of carbonyl (C=O) groups is 2. The number of carbonyl (C=O) groups excluding carboxylic acids is 2. The zero-order valence-electron chi connectivity index (χ0n) is 14.9. The van der Waals surface area contributed by atoms with Crippen LogP contribution in [0.1, 0.15) is 25.7 Å². The maximum atomic E-state index is 12.6. The number of hydrogen-bond donors (Lipinski definition) is 4. The molecule has 4 N–H and O–H groups in total. The Balaban J connectivity index is 1.71. The summed E-state index contributed by atoms with van der Waals surface area (Å²) in [6, 6.07) is 7.29. The first-order chi connectivity index (χ1) is 13.3. The van der Waals surface area contributed by atoms with E-state index in [4.69, 9.17) is 9.47 Å².